The molecule has 1 aliphatic heterocycles. The fourth-order valence-electron chi connectivity index (χ4n) is 5.27. The zero-order valence-electron chi connectivity index (χ0n) is 23.2. The standard InChI is InChI=1S/C29H38ClN3O6S/c1-19-16-33(20(2)18-34)29(36)25-15-23(31-28(35)21-7-5-4-6-8-21)11-14-26(25)39-27(19)17-32(3)40(37,38)24-12-9-22(30)10-13-24/h9-15,19-21,27,34H,4-8,16-18H2,1-3H3,(H,31,35)/t19-,20-,27+/m0/s1. The molecule has 1 aliphatic carbocycles. The first-order valence-corrected chi connectivity index (χ1v) is 15.6. The molecule has 2 aliphatic rings. The van der Waals surface area contributed by atoms with E-state index >= 15 is 0 Å². The van der Waals surface area contributed by atoms with Gasteiger partial charge in [-0.3, -0.25) is 9.59 Å². The Balaban J connectivity index is 1.62. The molecular weight excluding hydrogens is 554 g/mol. The van der Waals surface area contributed by atoms with Crippen LogP contribution in [0.1, 0.15) is 56.3 Å². The summed E-state index contributed by atoms with van der Waals surface area (Å²) in [4.78, 5) is 28.2. The lowest BCUT2D eigenvalue weighted by atomic mass is 9.88. The van der Waals surface area contributed by atoms with Crippen molar-refractivity contribution in [3.8, 4) is 5.75 Å². The zero-order valence-corrected chi connectivity index (χ0v) is 24.7. The molecule has 0 unspecified atom stereocenters. The number of rotatable bonds is 8. The number of carbonyl (C=O) groups excluding carboxylic acids is 2. The third-order valence-electron chi connectivity index (χ3n) is 7.87. The van der Waals surface area contributed by atoms with Gasteiger partial charge in [0.1, 0.15) is 11.9 Å². The Morgan fingerprint density at radius 1 is 1.18 bits per heavy atom. The average Bonchev–Trinajstić information content (AvgIpc) is 2.95. The SMILES string of the molecule is C[C@H]1CN([C@@H](C)CO)C(=O)c2cc(NC(=O)C3CCCCC3)ccc2O[C@@H]1CN(C)S(=O)(=O)c1ccc(Cl)cc1. The predicted octanol–water partition coefficient (Wildman–Crippen LogP) is 4.40. The summed E-state index contributed by atoms with van der Waals surface area (Å²) in [6, 6.07) is 10.4. The maximum atomic E-state index is 13.7. The first-order valence-electron chi connectivity index (χ1n) is 13.8. The van der Waals surface area contributed by atoms with E-state index in [0.29, 0.717) is 16.5 Å². The molecular formula is C29H38ClN3O6S. The first kappa shape index (κ1) is 30.3. The second kappa shape index (κ2) is 12.9. The van der Waals surface area contributed by atoms with Gasteiger partial charge < -0.3 is 20.1 Å². The number of halogens is 1. The molecule has 11 heteroatoms. The number of ether oxygens (including phenoxy) is 1. The number of aliphatic hydroxyl groups excluding tert-OH is 1. The first-order chi connectivity index (χ1) is 19.0. The van der Waals surface area contributed by atoms with Gasteiger partial charge in [-0.15, -0.1) is 0 Å². The Labute approximate surface area is 241 Å². The van der Waals surface area contributed by atoms with Crippen molar-refractivity contribution in [2.45, 2.75) is 63.0 Å². The summed E-state index contributed by atoms with van der Waals surface area (Å²) < 4.78 is 34.1. The highest BCUT2D eigenvalue weighted by Crippen LogP contribution is 2.32. The molecule has 1 heterocycles. The number of likely N-dealkylation sites (N-methyl/N-ethyl adjacent to an activating group) is 1. The van der Waals surface area contributed by atoms with E-state index in [1.165, 1.54) is 35.6 Å². The maximum absolute atomic E-state index is 13.7. The molecule has 0 aromatic heterocycles. The van der Waals surface area contributed by atoms with E-state index in [4.69, 9.17) is 16.3 Å². The van der Waals surface area contributed by atoms with E-state index in [9.17, 15) is 23.1 Å². The van der Waals surface area contributed by atoms with Gasteiger partial charge >= 0.3 is 0 Å². The van der Waals surface area contributed by atoms with Crippen molar-refractivity contribution in [2.75, 3.05) is 32.1 Å². The Kier molecular flexibility index (Phi) is 9.76. The van der Waals surface area contributed by atoms with E-state index in [-0.39, 0.29) is 53.8 Å². The van der Waals surface area contributed by atoms with E-state index < -0.39 is 22.2 Å². The van der Waals surface area contributed by atoms with Crippen LogP contribution in [0.3, 0.4) is 0 Å². The molecule has 4 rings (SSSR count). The largest absolute Gasteiger partial charge is 0.488 e. The molecule has 0 saturated heterocycles. The molecule has 2 N–H and O–H groups in total. The minimum absolute atomic E-state index is 0.0290. The number of sulfonamides is 1. The van der Waals surface area contributed by atoms with Gasteiger partial charge in [0, 0.05) is 36.1 Å². The molecule has 9 nitrogen and oxygen atoms in total. The molecule has 1 fully saturated rings. The Morgan fingerprint density at radius 3 is 2.50 bits per heavy atom. The van der Waals surface area contributed by atoms with Gasteiger partial charge in [-0.05, 0) is 62.2 Å². The van der Waals surface area contributed by atoms with Crippen LogP contribution in [0, 0.1) is 11.8 Å². The number of hydrogen-bond acceptors (Lipinski definition) is 6. The lowest BCUT2D eigenvalue weighted by Gasteiger charge is -2.38. The van der Waals surface area contributed by atoms with E-state index in [1.54, 1.807) is 30.0 Å². The van der Waals surface area contributed by atoms with Crippen LogP contribution >= 0.6 is 11.6 Å². The molecule has 2 aromatic carbocycles. The Morgan fingerprint density at radius 2 is 1.85 bits per heavy atom. The second-order valence-electron chi connectivity index (χ2n) is 10.9. The highest BCUT2D eigenvalue weighted by atomic mass is 35.5. The lowest BCUT2D eigenvalue weighted by Crippen LogP contribution is -2.50. The monoisotopic (exact) mass is 591 g/mol. The number of amides is 2. The molecule has 218 valence electrons. The van der Waals surface area contributed by atoms with Gasteiger partial charge in [0.25, 0.3) is 5.91 Å². The molecule has 0 radical (unpaired) electrons. The summed E-state index contributed by atoms with van der Waals surface area (Å²) in [6.45, 7) is 3.69. The average molecular weight is 592 g/mol. The highest BCUT2D eigenvalue weighted by molar-refractivity contribution is 7.89. The Hall–Kier alpha value is -2.66. The summed E-state index contributed by atoms with van der Waals surface area (Å²) in [6.07, 6.45) is 4.31. The number of fused-ring (bicyclic) bond motifs is 1. The number of hydrogen-bond donors (Lipinski definition) is 2. The van der Waals surface area contributed by atoms with Gasteiger partial charge in [0.15, 0.2) is 0 Å². The number of anilines is 1. The van der Waals surface area contributed by atoms with Crippen LogP contribution in [-0.2, 0) is 14.8 Å². The summed E-state index contributed by atoms with van der Waals surface area (Å²) in [7, 11) is -2.34. The number of nitrogens with zero attached hydrogens (tertiary/aromatic N) is 2. The predicted molar refractivity (Wildman–Crippen MR) is 154 cm³/mol. The molecule has 0 spiro atoms. The van der Waals surface area contributed by atoms with Crippen LogP contribution in [0.15, 0.2) is 47.4 Å². The van der Waals surface area contributed by atoms with Crippen molar-refractivity contribution in [1.29, 1.82) is 0 Å². The minimum atomic E-state index is -3.83. The smallest absolute Gasteiger partial charge is 0.258 e. The van der Waals surface area contributed by atoms with E-state index in [1.807, 2.05) is 6.92 Å². The summed E-state index contributed by atoms with van der Waals surface area (Å²) in [5.41, 5.74) is 0.748. The summed E-state index contributed by atoms with van der Waals surface area (Å²) in [5.74, 6) is -0.390. The Bertz CT molecular complexity index is 1310. The van der Waals surface area contributed by atoms with Crippen molar-refractivity contribution in [1.82, 2.24) is 9.21 Å². The fourth-order valence-corrected chi connectivity index (χ4v) is 6.57. The molecule has 2 aromatic rings. The van der Waals surface area contributed by atoms with E-state index in [2.05, 4.69) is 5.32 Å². The number of aliphatic hydroxyl groups is 1. The third kappa shape index (κ3) is 6.79. The van der Waals surface area contributed by atoms with Crippen LogP contribution in [0.25, 0.3) is 0 Å². The van der Waals surface area contributed by atoms with Crippen molar-refractivity contribution in [3.05, 3.63) is 53.1 Å². The lowest BCUT2D eigenvalue weighted by molar-refractivity contribution is -0.120. The maximum Gasteiger partial charge on any atom is 0.258 e. The van der Waals surface area contributed by atoms with Crippen molar-refractivity contribution in [2.24, 2.45) is 11.8 Å². The van der Waals surface area contributed by atoms with E-state index in [0.717, 1.165) is 32.1 Å². The van der Waals surface area contributed by atoms with Crippen molar-refractivity contribution >= 4 is 39.1 Å². The number of benzene rings is 2. The van der Waals surface area contributed by atoms with Crippen LogP contribution in [0.2, 0.25) is 5.02 Å². The van der Waals surface area contributed by atoms with Crippen LogP contribution in [0.4, 0.5) is 5.69 Å². The summed E-state index contributed by atoms with van der Waals surface area (Å²) >= 11 is 5.94. The molecule has 40 heavy (non-hydrogen) atoms. The van der Waals surface area contributed by atoms with Crippen LogP contribution < -0.4 is 10.1 Å². The zero-order chi connectivity index (χ0) is 29.0. The van der Waals surface area contributed by atoms with Gasteiger partial charge in [-0.2, -0.15) is 4.31 Å². The highest BCUT2D eigenvalue weighted by Gasteiger charge is 2.35. The molecule has 2 amide bonds. The normalized spacial score (nSPS) is 21.2. The quantitative estimate of drug-likeness (QED) is 0.470. The molecule has 0 bridgehead atoms. The topological polar surface area (TPSA) is 116 Å². The third-order valence-corrected chi connectivity index (χ3v) is 9.96. The molecule has 3 atom stereocenters. The van der Waals surface area contributed by atoms with Crippen LogP contribution in [-0.4, -0.2) is 73.4 Å². The second-order valence-corrected chi connectivity index (χ2v) is 13.4. The van der Waals surface area contributed by atoms with Gasteiger partial charge in [0.05, 0.1) is 29.7 Å². The van der Waals surface area contributed by atoms with Gasteiger partial charge in [0.2, 0.25) is 15.9 Å². The molecule has 1 saturated carbocycles. The summed E-state index contributed by atoms with van der Waals surface area (Å²) in [5, 5.41) is 13.3. The van der Waals surface area contributed by atoms with Gasteiger partial charge in [-0.1, -0.05) is 37.8 Å². The van der Waals surface area contributed by atoms with Crippen molar-refractivity contribution < 1.29 is 27.9 Å². The van der Waals surface area contributed by atoms with Gasteiger partial charge in [-0.25, -0.2) is 8.42 Å². The van der Waals surface area contributed by atoms with Crippen molar-refractivity contribution in [3.63, 3.8) is 0 Å². The number of nitrogens with one attached hydrogen (secondary N) is 1. The van der Waals surface area contributed by atoms with Crippen LogP contribution in [0.5, 0.6) is 5.75 Å². The number of carbonyl (C=O) groups is 2. The fraction of sp³-hybridized carbons (Fsp3) is 0.517. The minimum Gasteiger partial charge on any atom is -0.488 e.